The van der Waals surface area contributed by atoms with Gasteiger partial charge in [-0.05, 0) is 31.7 Å². The maximum atomic E-state index is 10.1. The third-order valence-electron chi connectivity index (χ3n) is 3.48. The van der Waals surface area contributed by atoms with Gasteiger partial charge in [-0.1, -0.05) is 35.9 Å². The molecule has 0 heterocycles. The van der Waals surface area contributed by atoms with Gasteiger partial charge >= 0.3 is 0 Å². The van der Waals surface area contributed by atoms with Crippen molar-refractivity contribution < 1.29 is 9.84 Å². The molecule has 1 aromatic carbocycles. The quantitative estimate of drug-likeness (QED) is 0.502. The maximum Gasteiger partial charge on any atom is 0.0670 e. The lowest BCUT2D eigenvalue weighted by molar-refractivity contribution is 0.0941. The molecule has 3 nitrogen and oxygen atoms in total. The third kappa shape index (κ3) is 8.00. The summed E-state index contributed by atoms with van der Waals surface area (Å²) < 4.78 is 5.13. The Kier molecular flexibility index (Phi) is 8.99. The van der Waals surface area contributed by atoms with Gasteiger partial charge in [0.25, 0.3) is 0 Å². The first-order valence-corrected chi connectivity index (χ1v) is 7.71. The number of aliphatic hydroxyl groups excluding tert-OH is 1. The molecule has 118 valence electrons. The van der Waals surface area contributed by atoms with Crippen molar-refractivity contribution in [2.75, 3.05) is 26.8 Å². The molecule has 3 heteroatoms. The second-order valence-corrected chi connectivity index (χ2v) is 5.59. The first-order chi connectivity index (χ1) is 10.2. The van der Waals surface area contributed by atoms with Crippen LogP contribution in [0.25, 0.3) is 0 Å². The summed E-state index contributed by atoms with van der Waals surface area (Å²) >= 11 is 0. The zero-order valence-electron chi connectivity index (χ0n) is 13.4. The summed E-state index contributed by atoms with van der Waals surface area (Å²) in [6.45, 7) is 9.08. The SMILES string of the molecule is C=CCC[C@H](O)CN(CCCOC)Cc1cccc(C)c1. The van der Waals surface area contributed by atoms with E-state index in [4.69, 9.17) is 4.74 Å². The van der Waals surface area contributed by atoms with E-state index in [-0.39, 0.29) is 6.10 Å². The minimum Gasteiger partial charge on any atom is -0.392 e. The van der Waals surface area contributed by atoms with Gasteiger partial charge in [-0.3, -0.25) is 4.90 Å². The van der Waals surface area contributed by atoms with Crippen molar-refractivity contribution in [3.05, 3.63) is 48.0 Å². The van der Waals surface area contributed by atoms with Crippen molar-refractivity contribution in [3.63, 3.8) is 0 Å². The molecule has 0 amide bonds. The third-order valence-corrected chi connectivity index (χ3v) is 3.48. The molecule has 0 aliphatic carbocycles. The summed E-state index contributed by atoms with van der Waals surface area (Å²) in [5.41, 5.74) is 2.57. The van der Waals surface area contributed by atoms with E-state index >= 15 is 0 Å². The highest BCUT2D eigenvalue weighted by Crippen LogP contribution is 2.10. The monoisotopic (exact) mass is 291 g/mol. The van der Waals surface area contributed by atoms with Gasteiger partial charge in [-0.15, -0.1) is 6.58 Å². The summed E-state index contributed by atoms with van der Waals surface area (Å²) in [7, 11) is 1.73. The summed E-state index contributed by atoms with van der Waals surface area (Å²) in [6.07, 6.45) is 4.18. The molecule has 0 fully saturated rings. The van der Waals surface area contributed by atoms with Gasteiger partial charge in [0, 0.05) is 33.4 Å². The lowest BCUT2D eigenvalue weighted by Crippen LogP contribution is -2.33. The standard InChI is InChI=1S/C18H29NO2/c1-4-5-10-18(20)15-19(11-7-12-21-3)14-17-9-6-8-16(2)13-17/h4,6,8-9,13,18,20H,1,5,7,10-12,14-15H2,2-3H3/t18-/m0/s1. The van der Waals surface area contributed by atoms with Crippen molar-refractivity contribution in [1.82, 2.24) is 4.90 Å². The van der Waals surface area contributed by atoms with E-state index < -0.39 is 0 Å². The molecule has 0 saturated carbocycles. The van der Waals surface area contributed by atoms with Crippen LogP contribution in [0.15, 0.2) is 36.9 Å². The number of aryl methyl sites for hydroxylation is 1. The second-order valence-electron chi connectivity index (χ2n) is 5.59. The zero-order chi connectivity index (χ0) is 15.5. The molecule has 0 aliphatic heterocycles. The Morgan fingerprint density at radius 2 is 2.24 bits per heavy atom. The van der Waals surface area contributed by atoms with Gasteiger partial charge in [-0.25, -0.2) is 0 Å². The van der Waals surface area contributed by atoms with E-state index in [2.05, 4.69) is 42.7 Å². The Morgan fingerprint density at radius 1 is 1.43 bits per heavy atom. The normalized spacial score (nSPS) is 12.6. The lowest BCUT2D eigenvalue weighted by Gasteiger charge is -2.25. The Bertz CT molecular complexity index is 406. The summed E-state index contributed by atoms with van der Waals surface area (Å²) in [6, 6.07) is 8.55. The van der Waals surface area contributed by atoms with Gasteiger partial charge in [0.15, 0.2) is 0 Å². The van der Waals surface area contributed by atoms with E-state index in [1.54, 1.807) is 7.11 Å². The topological polar surface area (TPSA) is 32.7 Å². The Balaban J connectivity index is 2.56. The fraction of sp³-hybridized carbons (Fsp3) is 0.556. The van der Waals surface area contributed by atoms with Crippen LogP contribution in [-0.2, 0) is 11.3 Å². The Morgan fingerprint density at radius 3 is 2.90 bits per heavy atom. The van der Waals surface area contributed by atoms with Gasteiger partial charge in [-0.2, -0.15) is 0 Å². The van der Waals surface area contributed by atoms with Crippen LogP contribution in [0.3, 0.4) is 0 Å². The second kappa shape index (κ2) is 10.6. The predicted octanol–water partition coefficient (Wildman–Crippen LogP) is 3.16. The van der Waals surface area contributed by atoms with Crippen LogP contribution < -0.4 is 0 Å². The zero-order valence-corrected chi connectivity index (χ0v) is 13.4. The number of hydrogen-bond donors (Lipinski definition) is 1. The van der Waals surface area contributed by atoms with E-state index in [0.717, 1.165) is 39.0 Å². The average Bonchev–Trinajstić information content (AvgIpc) is 2.45. The van der Waals surface area contributed by atoms with Crippen LogP contribution in [-0.4, -0.2) is 42.9 Å². The molecule has 1 rings (SSSR count). The minimum absolute atomic E-state index is 0.296. The summed E-state index contributed by atoms with van der Waals surface area (Å²) in [4.78, 5) is 2.31. The Hall–Kier alpha value is -1.16. The smallest absolute Gasteiger partial charge is 0.0670 e. The number of nitrogens with zero attached hydrogens (tertiary/aromatic N) is 1. The molecule has 1 atom stereocenters. The van der Waals surface area contributed by atoms with E-state index in [1.807, 2.05) is 6.08 Å². The van der Waals surface area contributed by atoms with Crippen LogP contribution in [0.4, 0.5) is 0 Å². The maximum absolute atomic E-state index is 10.1. The number of hydrogen-bond acceptors (Lipinski definition) is 3. The van der Waals surface area contributed by atoms with Crippen molar-refractivity contribution in [1.29, 1.82) is 0 Å². The van der Waals surface area contributed by atoms with Crippen molar-refractivity contribution in [2.45, 2.75) is 38.8 Å². The molecular weight excluding hydrogens is 262 g/mol. The van der Waals surface area contributed by atoms with Gasteiger partial charge in [0.1, 0.15) is 0 Å². The molecule has 1 aromatic rings. The van der Waals surface area contributed by atoms with Crippen molar-refractivity contribution in [3.8, 4) is 0 Å². The van der Waals surface area contributed by atoms with E-state index in [1.165, 1.54) is 11.1 Å². The average molecular weight is 291 g/mol. The van der Waals surface area contributed by atoms with Crippen LogP contribution in [0.2, 0.25) is 0 Å². The van der Waals surface area contributed by atoms with Crippen molar-refractivity contribution in [2.24, 2.45) is 0 Å². The highest BCUT2D eigenvalue weighted by molar-refractivity contribution is 5.22. The summed E-state index contributed by atoms with van der Waals surface area (Å²) in [5.74, 6) is 0. The van der Waals surface area contributed by atoms with Crippen LogP contribution >= 0.6 is 0 Å². The molecule has 0 aromatic heterocycles. The fourth-order valence-electron chi connectivity index (χ4n) is 2.44. The number of ether oxygens (including phenoxy) is 1. The minimum atomic E-state index is -0.296. The number of benzene rings is 1. The lowest BCUT2D eigenvalue weighted by atomic mass is 10.1. The number of allylic oxidation sites excluding steroid dienone is 1. The number of methoxy groups -OCH3 is 1. The summed E-state index contributed by atoms with van der Waals surface area (Å²) in [5, 5.41) is 10.1. The van der Waals surface area contributed by atoms with Crippen LogP contribution in [0, 0.1) is 6.92 Å². The first kappa shape index (κ1) is 17.9. The molecule has 1 N–H and O–H groups in total. The molecule has 0 aliphatic rings. The fourth-order valence-corrected chi connectivity index (χ4v) is 2.44. The van der Waals surface area contributed by atoms with Gasteiger partial charge in [0.05, 0.1) is 6.10 Å². The van der Waals surface area contributed by atoms with E-state index in [0.29, 0.717) is 6.54 Å². The van der Waals surface area contributed by atoms with Crippen LogP contribution in [0.5, 0.6) is 0 Å². The van der Waals surface area contributed by atoms with Gasteiger partial charge < -0.3 is 9.84 Å². The molecule has 0 spiro atoms. The molecule has 0 radical (unpaired) electrons. The highest BCUT2D eigenvalue weighted by atomic mass is 16.5. The first-order valence-electron chi connectivity index (χ1n) is 7.71. The van der Waals surface area contributed by atoms with Crippen molar-refractivity contribution >= 4 is 0 Å². The predicted molar refractivity (Wildman–Crippen MR) is 88.4 cm³/mol. The Labute approximate surface area is 129 Å². The van der Waals surface area contributed by atoms with Crippen LogP contribution in [0.1, 0.15) is 30.4 Å². The molecule has 0 unspecified atom stereocenters. The van der Waals surface area contributed by atoms with Gasteiger partial charge in [0.2, 0.25) is 0 Å². The van der Waals surface area contributed by atoms with E-state index in [9.17, 15) is 5.11 Å². The molecule has 0 saturated heterocycles. The molecule has 0 bridgehead atoms. The number of rotatable bonds is 11. The largest absolute Gasteiger partial charge is 0.392 e. The number of aliphatic hydroxyl groups is 1. The molecular formula is C18H29NO2. The highest BCUT2D eigenvalue weighted by Gasteiger charge is 2.12. The molecule has 21 heavy (non-hydrogen) atoms.